The lowest BCUT2D eigenvalue weighted by molar-refractivity contribution is 0.104. The number of carbonyl (C=O) groups excluding carboxylic acids is 1. The van der Waals surface area contributed by atoms with Gasteiger partial charge in [0, 0.05) is 17.8 Å². The summed E-state index contributed by atoms with van der Waals surface area (Å²) in [6.07, 6.45) is 5.01. The topological polar surface area (TPSA) is 53.4 Å². The van der Waals surface area contributed by atoms with Crippen LogP contribution in [0.15, 0.2) is 54.7 Å². The largest absolute Gasteiger partial charge is 0.496 e. The number of hydrogen-bond donors (Lipinski definition) is 0. The third-order valence-electron chi connectivity index (χ3n) is 4.82. The van der Waals surface area contributed by atoms with Crippen LogP contribution in [0.3, 0.4) is 0 Å². The number of ether oxygens (including phenoxy) is 2. The number of benzene rings is 2. The number of hydrogen-bond acceptors (Lipinski definition) is 4. The van der Waals surface area contributed by atoms with Crippen molar-refractivity contribution >= 4 is 11.9 Å². The van der Waals surface area contributed by atoms with Gasteiger partial charge in [-0.1, -0.05) is 29.8 Å². The van der Waals surface area contributed by atoms with Gasteiger partial charge in [0.15, 0.2) is 5.78 Å². The molecule has 0 saturated carbocycles. The van der Waals surface area contributed by atoms with Crippen LogP contribution < -0.4 is 9.47 Å². The summed E-state index contributed by atoms with van der Waals surface area (Å²) in [6.45, 7) is 7.07. The number of methoxy groups -OCH3 is 1. The van der Waals surface area contributed by atoms with Gasteiger partial charge in [-0.3, -0.25) is 9.48 Å². The molecule has 5 heteroatoms. The van der Waals surface area contributed by atoms with Crippen molar-refractivity contribution in [1.82, 2.24) is 9.78 Å². The minimum absolute atomic E-state index is 0.0597. The van der Waals surface area contributed by atoms with Gasteiger partial charge in [0.1, 0.15) is 18.1 Å². The number of allylic oxidation sites excluding steroid dienone is 1. The van der Waals surface area contributed by atoms with E-state index in [0.717, 1.165) is 34.9 Å². The number of nitrogens with zero attached hydrogens (tertiary/aromatic N) is 2. The minimum Gasteiger partial charge on any atom is -0.496 e. The van der Waals surface area contributed by atoms with Gasteiger partial charge >= 0.3 is 0 Å². The van der Waals surface area contributed by atoms with Crippen molar-refractivity contribution in [3.63, 3.8) is 0 Å². The van der Waals surface area contributed by atoms with E-state index >= 15 is 0 Å². The first kappa shape index (κ1) is 20.4. The highest BCUT2D eigenvalue weighted by Gasteiger charge is 2.11. The maximum absolute atomic E-state index is 12.5. The van der Waals surface area contributed by atoms with Crippen molar-refractivity contribution in [3.8, 4) is 11.5 Å². The lowest BCUT2D eigenvalue weighted by Crippen LogP contribution is -2.02. The number of carbonyl (C=O) groups is 1. The molecule has 0 fully saturated rings. The molecule has 1 heterocycles. The van der Waals surface area contributed by atoms with Crippen LogP contribution in [0.25, 0.3) is 6.08 Å². The Morgan fingerprint density at radius 2 is 1.90 bits per heavy atom. The van der Waals surface area contributed by atoms with Gasteiger partial charge in [-0.05, 0) is 56.7 Å². The van der Waals surface area contributed by atoms with Crippen molar-refractivity contribution in [3.05, 3.63) is 82.7 Å². The molecule has 0 saturated heterocycles. The molecular formula is C24H26N2O3. The van der Waals surface area contributed by atoms with E-state index in [1.165, 1.54) is 5.56 Å². The summed E-state index contributed by atoms with van der Waals surface area (Å²) in [5.41, 5.74) is 4.51. The van der Waals surface area contributed by atoms with Crippen LogP contribution >= 0.6 is 0 Å². The number of aryl methyl sites for hydroxylation is 2. The van der Waals surface area contributed by atoms with Crippen LogP contribution in [0.2, 0.25) is 0 Å². The first-order chi connectivity index (χ1) is 14.0. The summed E-state index contributed by atoms with van der Waals surface area (Å²) in [7, 11) is 1.64. The second-order valence-electron chi connectivity index (χ2n) is 6.83. The summed E-state index contributed by atoms with van der Waals surface area (Å²) in [5.74, 6) is 1.49. The average molecular weight is 390 g/mol. The Hall–Kier alpha value is -3.34. The van der Waals surface area contributed by atoms with Crippen LogP contribution in [0.1, 0.15) is 39.7 Å². The molecule has 3 aromatic rings. The molecule has 0 aliphatic heterocycles. The smallest absolute Gasteiger partial charge is 0.189 e. The highest BCUT2D eigenvalue weighted by atomic mass is 16.5. The Bertz CT molecular complexity index is 1020. The van der Waals surface area contributed by atoms with E-state index in [2.05, 4.69) is 5.10 Å². The highest BCUT2D eigenvalue weighted by molar-refractivity contribution is 6.07. The molecule has 0 unspecified atom stereocenters. The van der Waals surface area contributed by atoms with E-state index in [1.807, 2.05) is 67.9 Å². The summed E-state index contributed by atoms with van der Waals surface area (Å²) >= 11 is 0. The third-order valence-corrected chi connectivity index (χ3v) is 4.82. The molecule has 0 amide bonds. The Balaban J connectivity index is 1.75. The monoisotopic (exact) mass is 390 g/mol. The number of rotatable bonds is 8. The molecule has 2 aromatic carbocycles. The highest BCUT2D eigenvalue weighted by Crippen LogP contribution is 2.23. The van der Waals surface area contributed by atoms with E-state index in [-0.39, 0.29) is 5.78 Å². The molecular weight excluding hydrogens is 364 g/mol. The van der Waals surface area contributed by atoms with Gasteiger partial charge in [-0.15, -0.1) is 0 Å². The normalized spacial score (nSPS) is 11.0. The van der Waals surface area contributed by atoms with Gasteiger partial charge in [0.2, 0.25) is 0 Å². The first-order valence-corrected chi connectivity index (χ1v) is 9.63. The maximum Gasteiger partial charge on any atom is 0.189 e. The molecule has 0 N–H and O–H groups in total. The van der Waals surface area contributed by atoms with Gasteiger partial charge < -0.3 is 9.47 Å². The summed E-state index contributed by atoms with van der Waals surface area (Å²) < 4.78 is 13.2. The second kappa shape index (κ2) is 9.24. The molecule has 5 nitrogen and oxygen atoms in total. The standard InChI is InChI=1S/C24H26N2O3/c1-5-26-18(3)22(15-25-26)23(27)12-8-19-9-13-24(28-4)20(14-19)16-29-21-10-6-17(2)7-11-21/h6-15H,5,16H2,1-4H3/b12-8+. The van der Waals surface area contributed by atoms with Crippen molar-refractivity contribution in [2.75, 3.05) is 7.11 Å². The summed E-state index contributed by atoms with van der Waals surface area (Å²) in [5, 5.41) is 4.23. The number of ketones is 1. The molecule has 29 heavy (non-hydrogen) atoms. The molecule has 1 aromatic heterocycles. The van der Waals surface area contributed by atoms with Gasteiger partial charge in [-0.2, -0.15) is 5.10 Å². The van der Waals surface area contributed by atoms with E-state index < -0.39 is 0 Å². The lowest BCUT2D eigenvalue weighted by atomic mass is 10.1. The Labute approximate surface area is 171 Å². The molecule has 0 aliphatic rings. The third kappa shape index (κ3) is 4.93. The molecule has 0 spiro atoms. The second-order valence-corrected chi connectivity index (χ2v) is 6.83. The molecule has 0 radical (unpaired) electrons. The fourth-order valence-corrected chi connectivity index (χ4v) is 3.08. The quantitative estimate of drug-likeness (QED) is 0.401. The fourth-order valence-electron chi connectivity index (χ4n) is 3.08. The van der Waals surface area contributed by atoms with E-state index in [0.29, 0.717) is 12.2 Å². The Morgan fingerprint density at radius 3 is 2.55 bits per heavy atom. The molecule has 0 bridgehead atoms. The van der Waals surface area contributed by atoms with Crippen molar-refractivity contribution in [1.29, 1.82) is 0 Å². The SMILES string of the molecule is CCn1ncc(C(=O)/C=C/c2ccc(OC)c(COc3ccc(C)cc3)c2)c1C. The van der Waals surface area contributed by atoms with Crippen LogP contribution in [-0.4, -0.2) is 22.7 Å². The Kier molecular flexibility index (Phi) is 6.50. The van der Waals surface area contributed by atoms with Crippen molar-refractivity contribution in [2.24, 2.45) is 0 Å². The van der Waals surface area contributed by atoms with Gasteiger partial charge in [0.25, 0.3) is 0 Å². The zero-order valence-corrected chi connectivity index (χ0v) is 17.3. The Morgan fingerprint density at radius 1 is 1.14 bits per heavy atom. The zero-order valence-electron chi connectivity index (χ0n) is 17.3. The predicted octanol–water partition coefficient (Wildman–Crippen LogP) is 5.00. The molecule has 0 aliphatic carbocycles. The van der Waals surface area contributed by atoms with E-state index in [1.54, 1.807) is 25.5 Å². The molecule has 3 rings (SSSR count). The van der Waals surface area contributed by atoms with Crippen molar-refractivity contribution < 1.29 is 14.3 Å². The summed E-state index contributed by atoms with van der Waals surface area (Å²) in [6, 6.07) is 13.7. The van der Waals surface area contributed by atoms with Crippen LogP contribution in [-0.2, 0) is 13.2 Å². The van der Waals surface area contributed by atoms with Gasteiger partial charge in [-0.25, -0.2) is 0 Å². The van der Waals surface area contributed by atoms with Crippen LogP contribution in [0.4, 0.5) is 0 Å². The summed E-state index contributed by atoms with van der Waals surface area (Å²) in [4.78, 5) is 12.5. The lowest BCUT2D eigenvalue weighted by Gasteiger charge is -2.11. The van der Waals surface area contributed by atoms with E-state index in [9.17, 15) is 4.79 Å². The molecule has 150 valence electrons. The van der Waals surface area contributed by atoms with Crippen LogP contribution in [0, 0.1) is 13.8 Å². The first-order valence-electron chi connectivity index (χ1n) is 9.63. The predicted molar refractivity (Wildman–Crippen MR) is 115 cm³/mol. The van der Waals surface area contributed by atoms with E-state index in [4.69, 9.17) is 9.47 Å². The average Bonchev–Trinajstić information content (AvgIpc) is 3.12. The van der Waals surface area contributed by atoms with Gasteiger partial charge in [0.05, 0.1) is 18.9 Å². The molecule has 0 atom stereocenters. The minimum atomic E-state index is -0.0597. The maximum atomic E-state index is 12.5. The number of aromatic nitrogens is 2. The van der Waals surface area contributed by atoms with Crippen molar-refractivity contribution in [2.45, 2.75) is 33.9 Å². The van der Waals surface area contributed by atoms with Crippen LogP contribution in [0.5, 0.6) is 11.5 Å². The zero-order chi connectivity index (χ0) is 20.8. The fraction of sp³-hybridized carbons (Fsp3) is 0.250.